The molecule has 0 fully saturated rings. The quantitative estimate of drug-likeness (QED) is 0.165. The average Bonchev–Trinajstić information content (AvgIpc) is 3.49. The van der Waals surface area contributed by atoms with Crippen LogP contribution in [-0.2, 0) is 32.5 Å². The normalized spacial score (nSPS) is 14.0. The highest BCUT2D eigenvalue weighted by Crippen LogP contribution is 2.43. The maximum Gasteiger partial charge on any atom is 0.144 e. The van der Waals surface area contributed by atoms with Crippen molar-refractivity contribution in [2.24, 2.45) is 4.99 Å². The van der Waals surface area contributed by atoms with Gasteiger partial charge in [0.25, 0.3) is 0 Å². The molecule has 4 nitrogen and oxygen atoms in total. The van der Waals surface area contributed by atoms with Gasteiger partial charge in [-0.3, -0.25) is 4.57 Å². The molecule has 1 N–H and O–H groups in total. The molecule has 1 heterocycles. The number of nitrogens with one attached hydrogen (secondary N) is 1. The van der Waals surface area contributed by atoms with Gasteiger partial charge in [-0.15, -0.1) is 0 Å². The van der Waals surface area contributed by atoms with Crippen molar-refractivity contribution in [3.63, 3.8) is 0 Å². The Morgan fingerprint density at radius 1 is 0.604 bits per heavy atom. The van der Waals surface area contributed by atoms with Crippen LogP contribution in [0.1, 0.15) is 170 Å². The van der Waals surface area contributed by atoms with E-state index in [-0.39, 0.29) is 32.5 Å². The second-order valence-electron chi connectivity index (χ2n) is 21.2. The van der Waals surface area contributed by atoms with E-state index >= 15 is 0 Å². The Labute approximate surface area is 323 Å². The van der Waals surface area contributed by atoms with Crippen molar-refractivity contribution >= 4 is 11.5 Å². The van der Waals surface area contributed by atoms with Crippen molar-refractivity contribution < 1.29 is 0 Å². The number of rotatable bonds is 5. The van der Waals surface area contributed by atoms with Crippen LogP contribution in [0.5, 0.6) is 0 Å². The molecule has 0 bridgehead atoms. The third-order valence-electron chi connectivity index (χ3n) is 10.1. The molecule has 4 heteroatoms. The summed E-state index contributed by atoms with van der Waals surface area (Å²) >= 11 is 0. The van der Waals surface area contributed by atoms with E-state index in [0.29, 0.717) is 0 Å². The number of amidine groups is 1. The third-order valence-corrected chi connectivity index (χ3v) is 10.1. The minimum Gasteiger partial charge on any atom is -0.339 e. The molecule has 4 aromatic rings. The summed E-state index contributed by atoms with van der Waals surface area (Å²) in [7, 11) is 0. The largest absolute Gasteiger partial charge is 0.339 e. The van der Waals surface area contributed by atoms with E-state index in [9.17, 15) is 0 Å². The van der Waals surface area contributed by atoms with Gasteiger partial charge in [0.2, 0.25) is 0 Å². The minimum atomic E-state index is -0.0973. The summed E-state index contributed by atoms with van der Waals surface area (Å²) in [6.45, 7) is 43.6. The van der Waals surface area contributed by atoms with Crippen LogP contribution in [0.25, 0.3) is 17.1 Å². The maximum atomic E-state index is 5.05. The molecule has 0 spiro atoms. The highest BCUT2D eigenvalue weighted by atomic mass is 15.1. The van der Waals surface area contributed by atoms with Gasteiger partial charge in [-0.1, -0.05) is 173 Å². The molecule has 0 unspecified atom stereocenters. The topological polar surface area (TPSA) is 42.2 Å². The lowest BCUT2D eigenvalue weighted by Gasteiger charge is -2.34. The standard InChI is InChI=1S/C49H70N4/c1-20-24-50-42(52-40-36(46(8,9)10)28-34(44(2,3)4)29-37(40)47(11,12)13)32-22-21-23-33(27-32)43-51-25-26-53(43)41-38(48(14,15)16)30-35(45(5,6)7)31-39(41)49(17,18)19/h20-31H,1-19H3,(H,50,52)/b24-20-. The molecule has 0 aliphatic rings. The number of benzene rings is 3. The fraction of sp³-hybridized carbons (Fsp3) is 0.510. The minimum absolute atomic E-state index is 0.0173. The number of hydrogen-bond donors (Lipinski definition) is 1. The van der Waals surface area contributed by atoms with Crippen molar-refractivity contribution in [2.75, 3.05) is 5.32 Å². The first-order chi connectivity index (χ1) is 24.0. The smallest absolute Gasteiger partial charge is 0.144 e. The Kier molecular flexibility index (Phi) is 11.4. The van der Waals surface area contributed by atoms with Crippen LogP contribution in [0.2, 0.25) is 0 Å². The number of anilines is 1. The van der Waals surface area contributed by atoms with Crippen LogP contribution < -0.4 is 5.32 Å². The van der Waals surface area contributed by atoms with Crippen LogP contribution in [0.3, 0.4) is 0 Å². The van der Waals surface area contributed by atoms with E-state index in [4.69, 9.17) is 9.98 Å². The molecule has 0 amide bonds. The lowest BCUT2D eigenvalue weighted by Crippen LogP contribution is -2.26. The lowest BCUT2D eigenvalue weighted by atomic mass is 9.74. The van der Waals surface area contributed by atoms with Gasteiger partial charge in [0, 0.05) is 35.4 Å². The number of imidazole rings is 1. The van der Waals surface area contributed by atoms with Gasteiger partial charge in [0.15, 0.2) is 0 Å². The van der Waals surface area contributed by atoms with Crippen LogP contribution in [-0.4, -0.2) is 15.4 Å². The molecule has 0 saturated heterocycles. The molecule has 286 valence electrons. The Morgan fingerprint density at radius 2 is 1.06 bits per heavy atom. The summed E-state index contributed by atoms with van der Waals surface area (Å²) in [5.74, 6) is 1.72. The molecule has 0 aliphatic carbocycles. The highest BCUT2D eigenvalue weighted by Gasteiger charge is 2.32. The Bertz CT molecular complexity index is 1920. The van der Waals surface area contributed by atoms with Gasteiger partial charge in [-0.2, -0.15) is 0 Å². The molecule has 4 rings (SSSR count). The van der Waals surface area contributed by atoms with Gasteiger partial charge in [0.1, 0.15) is 11.7 Å². The summed E-state index contributed by atoms with van der Waals surface area (Å²) in [4.78, 5) is 10.1. The van der Waals surface area contributed by atoms with Crippen molar-refractivity contribution in [1.82, 2.24) is 9.55 Å². The molecule has 0 saturated carbocycles. The van der Waals surface area contributed by atoms with Crippen LogP contribution >= 0.6 is 0 Å². The van der Waals surface area contributed by atoms with Gasteiger partial charge in [-0.25, -0.2) is 9.98 Å². The van der Waals surface area contributed by atoms with Crippen LogP contribution in [0.15, 0.2) is 78.2 Å². The summed E-state index contributed by atoms with van der Waals surface area (Å²) in [6.07, 6.45) is 7.94. The van der Waals surface area contributed by atoms with Crippen molar-refractivity contribution in [2.45, 2.75) is 164 Å². The van der Waals surface area contributed by atoms with E-state index in [0.717, 1.165) is 28.5 Å². The summed E-state index contributed by atoms with van der Waals surface area (Å²) in [5, 5.41) is 3.93. The second kappa shape index (κ2) is 14.4. The number of aliphatic imine (C=N–C) groups is 1. The van der Waals surface area contributed by atoms with E-state index in [1.807, 2.05) is 25.4 Å². The SMILES string of the molecule is C/C=C\N=C(Nc1c(C(C)(C)C)cc(C(C)(C)C)cc1C(C)(C)C)c1cccc(-c2nccn2-c2c(C(C)(C)C)cc(C(C)(C)C)cc2C(C)(C)C)c1. The highest BCUT2D eigenvalue weighted by molar-refractivity contribution is 6.10. The zero-order valence-corrected chi connectivity index (χ0v) is 36.8. The zero-order valence-electron chi connectivity index (χ0n) is 36.8. The summed E-state index contributed by atoms with van der Waals surface area (Å²) < 4.78 is 2.32. The predicted octanol–water partition coefficient (Wildman–Crippen LogP) is 13.7. The van der Waals surface area contributed by atoms with Crippen molar-refractivity contribution in [3.8, 4) is 17.1 Å². The molecule has 0 radical (unpaired) electrons. The maximum absolute atomic E-state index is 5.05. The van der Waals surface area contributed by atoms with Gasteiger partial charge >= 0.3 is 0 Å². The Balaban J connectivity index is 1.99. The number of aromatic nitrogens is 2. The van der Waals surface area contributed by atoms with Gasteiger partial charge in [-0.05, 0) is 78.9 Å². The monoisotopic (exact) mass is 715 g/mol. The number of allylic oxidation sites excluding steroid dienone is 1. The van der Waals surface area contributed by atoms with Crippen molar-refractivity contribution in [1.29, 1.82) is 0 Å². The van der Waals surface area contributed by atoms with Crippen LogP contribution in [0, 0.1) is 0 Å². The first kappa shape index (κ1) is 41.8. The van der Waals surface area contributed by atoms with E-state index in [1.165, 1.54) is 39.1 Å². The molecule has 0 atom stereocenters. The Morgan fingerprint density at radius 3 is 1.47 bits per heavy atom. The summed E-state index contributed by atoms with van der Waals surface area (Å²) in [5.41, 5.74) is 12.0. The van der Waals surface area contributed by atoms with Gasteiger partial charge in [0.05, 0.1) is 5.69 Å². The van der Waals surface area contributed by atoms with E-state index < -0.39 is 0 Å². The third kappa shape index (κ3) is 9.42. The summed E-state index contributed by atoms with van der Waals surface area (Å²) in [6, 6.07) is 18.4. The van der Waals surface area contributed by atoms with E-state index in [1.54, 1.807) is 0 Å². The van der Waals surface area contributed by atoms with Crippen LogP contribution in [0.4, 0.5) is 5.69 Å². The second-order valence-corrected chi connectivity index (χ2v) is 21.2. The molecule has 1 aromatic heterocycles. The van der Waals surface area contributed by atoms with Gasteiger partial charge < -0.3 is 5.32 Å². The molecule has 3 aromatic carbocycles. The predicted molar refractivity (Wildman–Crippen MR) is 233 cm³/mol. The average molecular weight is 715 g/mol. The van der Waals surface area contributed by atoms with E-state index in [2.05, 4.69) is 189 Å². The fourth-order valence-electron chi connectivity index (χ4n) is 6.81. The fourth-order valence-corrected chi connectivity index (χ4v) is 6.81. The molecule has 0 aliphatic heterocycles. The lowest BCUT2D eigenvalue weighted by molar-refractivity contribution is 0.543. The number of hydrogen-bond acceptors (Lipinski definition) is 2. The Hall–Kier alpha value is -3.92. The first-order valence-electron chi connectivity index (χ1n) is 19.5. The first-order valence-corrected chi connectivity index (χ1v) is 19.5. The van der Waals surface area contributed by atoms with Crippen molar-refractivity contribution in [3.05, 3.63) is 112 Å². The zero-order chi connectivity index (χ0) is 40.1. The molecule has 53 heavy (non-hydrogen) atoms. The molecular formula is C49H70N4. The molecular weight excluding hydrogens is 645 g/mol. The number of nitrogens with zero attached hydrogens (tertiary/aromatic N) is 3.